The molecule has 0 saturated heterocycles. The van der Waals surface area contributed by atoms with Gasteiger partial charge in [0.1, 0.15) is 17.6 Å². The van der Waals surface area contributed by atoms with E-state index in [0.29, 0.717) is 23.7 Å². The van der Waals surface area contributed by atoms with E-state index >= 15 is 0 Å². The Hall–Kier alpha value is -1.51. The number of rotatable bonds is 13. The number of allylic oxidation sites excluding steroid dienone is 1. The molecule has 0 spiro atoms. The highest BCUT2D eigenvalue weighted by Gasteiger charge is 2.59. The minimum atomic E-state index is -0.0563. The summed E-state index contributed by atoms with van der Waals surface area (Å²) < 4.78 is 12.2. The first-order valence-corrected chi connectivity index (χ1v) is 18.5. The van der Waals surface area contributed by atoms with Gasteiger partial charge in [-0.15, -0.1) is 0 Å². The lowest BCUT2D eigenvalue weighted by Gasteiger charge is -2.58. The van der Waals surface area contributed by atoms with E-state index in [4.69, 9.17) is 9.15 Å². The molecule has 5 rings (SSSR count). The van der Waals surface area contributed by atoms with Gasteiger partial charge in [0.15, 0.2) is 0 Å². The zero-order valence-electron chi connectivity index (χ0n) is 28.9. The number of carbonyl (C=O) groups excluding carboxylic acids is 1. The molecule has 1 aromatic heterocycles. The summed E-state index contributed by atoms with van der Waals surface area (Å²) in [4.78, 5) is 12.9. The molecule has 4 aliphatic carbocycles. The van der Waals surface area contributed by atoms with Crippen LogP contribution in [0.3, 0.4) is 0 Å². The number of ether oxygens (including phenoxy) is 1. The lowest BCUT2D eigenvalue weighted by molar-refractivity contribution is -0.151. The summed E-state index contributed by atoms with van der Waals surface area (Å²) >= 11 is 0. The molecule has 8 unspecified atom stereocenters. The highest BCUT2D eigenvalue weighted by molar-refractivity contribution is 5.70. The highest BCUT2D eigenvalue weighted by atomic mass is 16.5. The van der Waals surface area contributed by atoms with Crippen LogP contribution in [0, 0.1) is 53.3 Å². The van der Waals surface area contributed by atoms with Crippen LogP contribution in [0.1, 0.15) is 155 Å². The van der Waals surface area contributed by atoms with Crippen molar-refractivity contribution in [2.45, 2.75) is 164 Å². The van der Waals surface area contributed by atoms with Gasteiger partial charge in [-0.3, -0.25) is 4.79 Å². The fourth-order valence-electron chi connectivity index (χ4n) is 10.7. The van der Waals surface area contributed by atoms with Crippen LogP contribution in [0.2, 0.25) is 0 Å². The minimum absolute atomic E-state index is 0.0436. The Balaban J connectivity index is 1.15. The zero-order chi connectivity index (χ0) is 30.8. The van der Waals surface area contributed by atoms with Crippen molar-refractivity contribution in [1.82, 2.24) is 0 Å². The predicted molar refractivity (Wildman–Crippen MR) is 178 cm³/mol. The molecule has 0 amide bonds. The average molecular weight is 593 g/mol. The first-order valence-electron chi connectivity index (χ1n) is 18.5. The Morgan fingerprint density at radius 3 is 2.58 bits per heavy atom. The number of hydrogen-bond acceptors (Lipinski definition) is 3. The maximum atomic E-state index is 12.9. The Labute approximate surface area is 264 Å². The number of hydrogen-bond donors (Lipinski definition) is 0. The van der Waals surface area contributed by atoms with Crippen LogP contribution >= 0.6 is 0 Å². The lowest BCUT2D eigenvalue weighted by atomic mass is 9.47. The van der Waals surface area contributed by atoms with Gasteiger partial charge >= 0.3 is 5.97 Å². The van der Waals surface area contributed by atoms with Gasteiger partial charge in [0.2, 0.25) is 0 Å². The first-order chi connectivity index (χ1) is 20.5. The highest BCUT2D eigenvalue weighted by Crippen LogP contribution is 2.67. The number of aryl methyl sites for hydroxylation is 3. The summed E-state index contributed by atoms with van der Waals surface area (Å²) in [6.07, 6.45) is 22.7. The standard InChI is InChI=1S/C40H64O3/c1-8-9-10-14-31-25-29(5)37(42-31)19-20-38(41)43-32-21-23-39(6)30(26-32)15-16-33-35-18-17-34(28(4)13-11-12-27(2)3)40(35,7)24-22-36(33)39/h15,25,27-28,32-36H,8-14,16-24,26H2,1-7H3. The second-order valence-corrected chi connectivity index (χ2v) is 16.4. The number of carbonyl (C=O) groups is 1. The van der Waals surface area contributed by atoms with Gasteiger partial charge in [-0.25, -0.2) is 0 Å². The van der Waals surface area contributed by atoms with Crippen molar-refractivity contribution in [3.8, 4) is 0 Å². The molecule has 4 aliphatic rings. The number of furan rings is 1. The maximum absolute atomic E-state index is 12.9. The van der Waals surface area contributed by atoms with Gasteiger partial charge in [0, 0.05) is 19.3 Å². The Bertz CT molecular complexity index is 1110. The lowest BCUT2D eigenvalue weighted by Crippen LogP contribution is -2.51. The van der Waals surface area contributed by atoms with E-state index in [1.54, 1.807) is 5.57 Å². The Morgan fingerprint density at radius 2 is 1.81 bits per heavy atom. The summed E-state index contributed by atoms with van der Waals surface area (Å²) in [6, 6.07) is 2.16. The SMILES string of the molecule is CCCCCc1cc(C)c(CCC(=O)OC2CCC3(C)C(=CCC4C3CCC3(C)C(C(C)CCCC(C)C)CCC43)C2)o1. The van der Waals surface area contributed by atoms with Crippen LogP contribution in [-0.2, 0) is 22.4 Å². The van der Waals surface area contributed by atoms with E-state index in [1.807, 2.05) is 0 Å². The number of esters is 1. The second-order valence-electron chi connectivity index (χ2n) is 16.4. The van der Waals surface area contributed by atoms with E-state index in [2.05, 4.69) is 60.6 Å². The summed E-state index contributed by atoms with van der Waals surface area (Å²) in [6.45, 7) is 16.9. The fraction of sp³-hybridized carbons (Fsp3) is 0.825. The van der Waals surface area contributed by atoms with E-state index in [1.165, 1.54) is 82.6 Å². The third-order valence-corrected chi connectivity index (χ3v) is 13.2. The van der Waals surface area contributed by atoms with Crippen LogP contribution in [-0.4, -0.2) is 12.1 Å². The van der Waals surface area contributed by atoms with Crippen molar-refractivity contribution in [2.75, 3.05) is 0 Å². The van der Waals surface area contributed by atoms with Gasteiger partial charge in [-0.1, -0.05) is 85.3 Å². The Kier molecular flexibility index (Phi) is 10.6. The van der Waals surface area contributed by atoms with Crippen molar-refractivity contribution in [3.63, 3.8) is 0 Å². The third-order valence-electron chi connectivity index (χ3n) is 13.2. The molecule has 43 heavy (non-hydrogen) atoms. The van der Waals surface area contributed by atoms with Crippen molar-refractivity contribution in [1.29, 1.82) is 0 Å². The van der Waals surface area contributed by atoms with Crippen molar-refractivity contribution in [3.05, 3.63) is 34.8 Å². The molecule has 3 heteroatoms. The number of fused-ring (bicyclic) bond motifs is 5. The topological polar surface area (TPSA) is 39.4 Å². The summed E-state index contributed by atoms with van der Waals surface area (Å²) in [5.41, 5.74) is 3.62. The zero-order valence-corrected chi connectivity index (χ0v) is 28.9. The van der Waals surface area contributed by atoms with E-state index in [-0.39, 0.29) is 12.1 Å². The number of unbranched alkanes of at least 4 members (excludes halogenated alkanes) is 2. The van der Waals surface area contributed by atoms with Crippen LogP contribution in [0.15, 0.2) is 22.1 Å². The molecule has 3 nitrogen and oxygen atoms in total. The van der Waals surface area contributed by atoms with Crippen LogP contribution in [0.5, 0.6) is 0 Å². The molecule has 0 aliphatic heterocycles. The fourth-order valence-corrected chi connectivity index (χ4v) is 10.7. The molecule has 0 radical (unpaired) electrons. The second kappa shape index (κ2) is 13.9. The van der Waals surface area contributed by atoms with E-state index in [9.17, 15) is 4.79 Å². The third kappa shape index (κ3) is 7.01. The van der Waals surface area contributed by atoms with Crippen LogP contribution in [0.25, 0.3) is 0 Å². The largest absolute Gasteiger partial charge is 0.466 e. The molecule has 3 fully saturated rings. The molecule has 0 N–H and O–H groups in total. The van der Waals surface area contributed by atoms with Crippen molar-refractivity contribution < 1.29 is 13.9 Å². The molecular weight excluding hydrogens is 528 g/mol. The van der Waals surface area contributed by atoms with Crippen molar-refractivity contribution in [2.24, 2.45) is 46.3 Å². The van der Waals surface area contributed by atoms with Gasteiger partial charge in [-0.2, -0.15) is 0 Å². The average Bonchev–Trinajstić information content (AvgIpc) is 3.50. The van der Waals surface area contributed by atoms with Gasteiger partial charge < -0.3 is 9.15 Å². The maximum Gasteiger partial charge on any atom is 0.306 e. The van der Waals surface area contributed by atoms with Crippen molar-refractivity contribution >= 4 is 5.97 Å². The smallest absolute Gasteiger partial charge is 0.306 e. The van der Waals surface area contributed by atoms with Crippen LogP contribution in [0.4, 0.5) is 0 Å². The van der Waals surface area contributed by atoms with Gasteiger partial charge in [0.25, 0.3) is 0 Å². The summed E-state index contributed by atoms with van der Waals surface area (Å²) in [5.74, 6) is 7.14. The summed E-state index contributed by atoms with van der Waals surface area (Å²) in [5, 5.41) is 0. The quantitative estimate of drug-likeness (QED) is 0.130. The first kappa shape index (κ1) is 32.9. The van der Waals surface area contributed by atoms with E-state index in [0.717, 1.165) is 66.3 Å². The Morgan fingerprint density at radius 1 is 1.00 bits per heavy atom. The molecule has 0 bridgehead atoms. The minimum Gasteiger partial charge on any atom is -0.466 e. The molecule has 3 saturated carbocycles. The molecule has 1 heterocycles. The van der Waals surface area contributed by atoms with Gasteiger partial charge in [0.05, 0.1) is 6.42 Å². The molecular formula is C40H64O3. The van der Waals surface area contributed by atoms with E-state index < -0.39 is 0 Å². The predicted octanol–water partition coefficient (Wildman–Crippen LogP) is 11.2. The van der Waals surface area contributed by atoms with Crippen LogP contribution < -0.4 is 0 Å². The molecule has 1 aromatic rings. The molecule has 242 valence electrons. The molecule has 8 atom stereocenters. The molecule has 0 aromatic carbocycles. The normalized spacial score (nSPS) is 34.3. The monoisotopic (exact) mass is 592 g/mol. The van der Waals surface area contributed by atoms with Gasteiger partial charge in [-0.05, 0) is 116 Å². The summed E-state index contributed by atoms with van der Waals surface area (Å²) in [7, 11) is 0.